The second kappa shape index (κ2) is 6.33. The van der Waals surface area contributed by atoms with Gasteiger partial charge in [-0.1, -0.05) is 48.1 Å². The van der Waals surface area contributed by atoms with Gasteiger partial charge in [0.15, 0.2) is 0 Å². The van der Waals surface area contributed by atoms with Gasteiger partial charge in [0.25, 0.3) is 0 Å². The Balaban J connectivity index is 0.00000169. The molecule has 1 aromatic carbocycles. The maximum atomic E-state index is 11.9. The third-order valence-corrected chi connectivity index (χ3v) is 1.84. The quantitative estimate of drug-likeness (QED) is 0.654. The third-order valence-electron chi connectivity index (χ3n) is 1.84. The normalized spacial score (nSPS) is 10.9. The van der Waals surface area contributed by atoms with E-state index < -0.39 is 13.3 Å². The fourth-order valence-electron chi connectivity index (χ4n) is 1.20. The molecule has 0 amide bonds. The van der Waals surface area contributed by atoms with Crippen molar-refractivity contribution in [1.82, 2.24) is 0 Å². The van der Waals surface area contributed by atoms with Crippen LogP contribution in [0.5, 0.6) is 0 Å². The van der Waals surface area contributed by atoms with Gasteiger partial charge in [0.1, 0.15) is 0 Å². The van der Waals surface area contributed by atoms with Crippen molar-refractivity contribution in [3.8, 4) is 0 Å². The minimum Gasteiger partial charge on any atom is -0.449 e. The van der Waals surface area contributed by atoms with Crippen LogP contribution in [0.15, 0.2) is 24.3 Å². The van der Waals surface area contributed by atoms with Crippen molar-refractivity contribution >= 4 is 6.98 Å². The Morgan fingerprint density at radius 3 is 2.36 bits per heavy atom. The van der Waals surface area contributed by atoms with Gasteiger partial charge >= 0.3 is 58.4 Å². The van der Waals surface area contributed by atoms with Gasteiger partial charge in [-0.2, -0.15) is 0 Å². The molecule has 0 N–H and O–H groups in total. The number of hydrogen-bond acceptors (Lipinski definition) is 0. The smallest absolute Gasteiger partial charge is 0.449 e. The average Bonchev–Trinajstić information content (AvgIpc) is 2.00. The summed E-state index contributed by atoms with van der Waals surface area (Å²) < 4.78 is 35.7. The topological polar surface area (TPSA) is 0 Å². The summed E-state index contributed by atoms with van der Waals surface area (Å²) in [6.07, 6.45) is -0.575. The van der Waals surface area contributed by atoms with Gasteiger partial charge in [-0.25, -0.2) is 0 Å². The van der Waals surface area contributed by atoms with E-state index in [1.807, 2.05) is 13.0 Å². The average molecular weight is 226 g/mol. The second-order valence-corrected chi connectivity index (χ2v) is 3.24. The van der Waals surface area contributed by atoms with Crippen molar-refractivity contribution < 1.29 is 64.3 Å². The summed E-state index contributed by atoms with van der Waals surface area (Å²) in [5, 5.41) is 0. The number of halogens is 3. The monoisotopic (exact) mass is 226 g/mol. The summed E-state index contributed by atoms with van der Waals surface area (Å²) in [6, 6.07) is 7.19. The fourth-order valence-corrected chi connectivity index (χ4v) is 1.20. The number of benzene rings is 1. The minimum absolute atomic E-state index is 0. The molecule has 0 atom stereocenters. The first-order valence-corrected chi connectivity index (χ1v) is 4.24. The van der Waals surface area contributed by atoms with Gasteiger partial charge in [0.05, 0.1) is 0 Å². The van der Waals surface area contributed by atoms with Gasteiger partial charge in [0.2, 0.25) is 0 Å². The summed E-state index contributed by atoms with van der Waals surface area (Å²) in [7, 11) is 0. The molecule has 5 heteroatoms. The van der Waals surface area contributed by atoms with Crippen LogP contribution in [0.4, 0.5) is 12.9 Å². The zero-order chi connectivity index (χ0) is 9.90. The SMILES string of the molecule is Cc1cccc(CC[B-](F)(F)F)c1.[K+]. The van der Waals surface area contributed by atoms with Crippen LogP contribution < -0.4 is 51.4 Å². The maximum Gasteiger partial charge on any atom is 1.00 e. The van der Waals surface area contributed by atoms with Crippen LogP contribution in [-0.2, 0) is 6.42 Å². The Hall–Kier alpha value is 0.711. The molecule has 1 aromatic rings. The van der Waals surface area contributed by atoms with Crippen LogP contribution in [0.1, 0.15) is 11.1 Å². The summed E-state index contributed by atoms with van der Waals surface area (Å²) in [5.41, 5.74) is 1.77. The molecule has 0 fully saturated rings. The van der Waals surface area contributed by atoms with E-state index in [0.717, 1.165) is 11.1 Å². The molecule has 0 radical (unpaired) electrons. The maximum absolute atomic E-state index is 11.9. The summed E-state index contributed by atoms with van der Waals surface area (Å²) in [6.45, 7) is -2.76. The minimum atomic E-state index is -4.64. The predicted molar refractivity (Wildman–Crippen MR) is 48.8 cm³/mol. The number of aryl methyl sites for hydroxylation is 2. The van der Waals surface area contributed by atoms with Crippen LogP contribution >= 0.6 is 0 Å². The first-order valence-electron chi connectivity index (χ1n) is 4.24. The Bertz CT molecular complexity index is 286. The Morgan fingerprint density at radius 1 is 1.21 bits per heavy atom. The zero-order valence-corrected chi connectivity index (χ0v) is 11.6. The van der Waals surface area contributed by atoms with E-state index in [2.05, 4.69) is 0 Å². The Kier molecular flexibility index (Phi) is 6.65. The fraction of sp³-hybridized carbons (Fsp3) is 0.333. The van der Waals surface area contributed by atoms with E-state index in [1.165, 1.54) is 0 Å². The van der Waals surface area contributed by atoms with Crippen LogP contribution in [0.25, 0.3) is 0 Å². The van der Waals surface area contributed by atoms with Gasteiger partial charge in [-0.3, -0.25) is 0 Å². The van der Waals surface area contributed by atoms with Crippen LogP contribution in [-0.4, -0.2) is 6.98 Å². The van der Waals surface area contributed by atoms with E-state index in [4.69, 9.17) is 0 Å². The molecule has 0 aromatic heterocycles. The van der Waals surface area contributed by atoms with Crippen molar-refractivity contribution in [3.63, 3.8) is 0 Å². The van der Waals surface area contributed by atoms with Crippen molar-refractivity contribution in [3.05, 3.63) is 35.4 Å². The van der Waals surface area contributed by atoms with E-state index in [0.29, 0.717) is 0 Å². The van der Waals surface area contributed by atoms with E-state index in [1.54, 1.807) is 18.2 Å². The van der Waals surface area contributed by atoms with Crippen molar-refractivity contribution in [2.24, 2.45) is 0 Å². The van der Waals surface area contributed by atoms with Gasteiger partial charge in [-0.15, -0.1) is 0 Å². The van der Waals surface area contributed by atoms with Crippen LogP contribution in [0.3, 0.4) is 0 Å². The van der Waals surface area contributed by atoms with Gasteiger partial charge in [-0.05, 0) is 6.92 Å². The molecule has 0 aliphatic heterocycles. The van der Waals surface area contributed by atoms with Crippen LogP contribution in [0, 0.1) is 6.92 Å². The second-order valence-electron chi connectivity index (χ2n) is 3.24. The molecule has 0 nitrogen and oxygen atoms in total. The Morgan fingerprint density at radius 2 is 1.86 bits per heavy atom. The molecule has 0 heterocycles. The van der Waals surface area contributed by atoms with Gasteiger partial charge in [0, 0.05) is 0 Å². The van der Waals surface area contributed by atoms with E-state index >= 15 is 0 Å². The van der Waals surface area contributed by atoms with Crippen LogP contribution in [0.2, 0.25) is 6.32 Å². The number of rotatable bonds is 3. The van der Waals surface area contributed by atoms with E-state index in [9.17, 15) is 12.9 Å². The zero-order valence-electron chi connectivity index (χ0n) is 8.43. The van der Waals surface area contributed by atoms with Crippen molar-refractivity contribution in [2.45, 2.75) is 19.7 Å². The molecular formula is C9H11BF3K. The molecule has 72 valence electrons. The molecule has 0 aliphatic rings. The molecule has 14 heavy (non-hydrogen) atoms. The number of hydrogen-bond donors (Lipinski definition) is 0. The molecule has 0 saturated heterocycles. The predicted octanol–water partition coefficient (Wildman–Crippen LogP) is 0.389. The molecule has 1 rings (SSSR count). The summed E-state index contributed by atoms with van der Waals surface area (Å²) in [4.78, 5) is 0. The van der Waals surface area contributed by atoms with Gasteiger partial charge < -0.3 is 12.9 Å². The summed E-state index contributed by atoms with van der Waals surface area (Å²) in [5.74, 6) is 0. The first kappa shape index (κ1) is 14.7. The van der Waals surface area contributed by atoms with Crippen molar-refractivity contribution in [2.75, 3.05) is 0 Å². The molecule has 0 unspecified atom stereocenters. The molecule has 0 aliphatic carbocycles. The van der Waals surface area contributed by atoms with E-state index in [-0.39, 0.29) is 57.8 Å². The molecular weight excluding hydrogens is 215 g/mol. The molecule has 0 spiro atoms. The third kappa shape index (κ3) is 6.24. The molecule has 0 bridgehead atoms. The standard InChI is InChI=1S/C9H11BF3.K/c1-8-3-2-4-9(7-8)5-6-10(11,12)13;/h2-4,7H,5-6H2,1H3;/q-1;+1. The Labute approximate surface area is 125 Å². The summed E-state index contributed by atoms with van der Waals surface area (Å²) >= 11 is 0. The molecule has 0 saturated carbocycles. The van der Waals surface area contributed by atoms with Crippen molar-refractivity contribution in [1.29, 1.82) is 0 Å². The first-order chi connectivity index (χ1) is 5.97. The largest absolute Gasteiger partial charge is 1.00 e.